The number of Topliss-reactive ketones (excluding diaryl/α,β-unsaturated/α-hetero) is 1. The quantitative estimate of drug-likeness (QED) is 0.367. The SMILES string of the molecule is O=C(CBr)c1cc(Br)c(F)cc1[N+](=O)[O-]. The van der Waals surface area contributed by atoms with Crippen molar-refractivity contribution in [3.05, 3.63) is 38.1 Å². The summed E-state index contributed by atoms with van der Waals surface area (Å²) < 4.78 is 13.0. The van der Waals surface area contributed by atoms with Crippen molar-refractivity contribution in [3.8, 4) is 0 Å². The van der Waals surface area contributed by atoms with Gasteiger partial charge in [0.15, 0.2) is 5.78 Å². The molecule has 0 fully saturated rings. The summed E-state index contributed by atoms with van der Waals surface area (Å²) >= 11 is 5.76. The average Bonchev–Trinajstić information content (AvgIpc) is 2.20. The third-order valence-electron chi connectivity index (χ3n) is 1.66. The highest BCUT2D eigenvalue weighted by molar-refractivity contribution is 9.10. The van der Waals surface area contributed by atoms with Gasteiger partial charge in [-0.05, 0) is 22.0 Å². The zero-order valence-electron chi connectivity index (χ0n) is 7.17. The topological polar surface area (TPSA) is 60.2 Å². The van der Waals surface area contributed by atoms with E-state index in [2.05, 4.69) is 31.9 Å². The van der Waals surface area contributed by atoms with Crippen LogP contribution in [0.1, 0.15) is 10.4 Å². The van der Waals surface area contributed by atoms with E-state index in [1.807, 2.05) is 0 Å². The van der Waals surface area contributed by atoms with Crippen LogP contribution in [0, 0.1) is 15.9 Å². The van der Waals surface area contributed by atoms with E-state index >= 15 is 0 Å². The molecule has 0 aromatic heterocycles. The molecule has 0 saturated heterocycles. The Balaban J connectivity index is 3.41. The molecular formula is C8H4Br2FNO3. The van der Waals surface area contributed by atoms with Gasteiger partial charge in [-0.15, -0.1) is 0 Å². The lowest BCUT2D eigenvalue weighted by atomic mass is 10.1. The number of rotatable bonds is 3. The fourth-order valence-corrected chi connectivity index (χ4v) is 1.63. The highest BCUT2D eigenvalue weighted by Gasteiger charge is 2.21. The van der Waals surface area contributed by atoms with Gasteiger partial charge in [0, 0.05) is 0 Å². The summed E-state index contributed by atoms with van der Waals surface area (Å²) in [5.41, 5.74) is -0.648. The maximum absolute atomic E-state index is 13.0. The smallest absolute Gasteiger partial charge is 0.283 e. The minimum atomic E-state index is -0.786. The van der Waals surface area contributed by atoms with Crippen LogP contribution in [0.4, 0.5) is 10.1 Å². The lowest BCUT2D eigenvalue weighted by Gasteiger charge is -2.01. The van der Waals surface area contributed by atoms with Gasteiger partial charge in [0.25, 0.3) is 5.69 Å². The Kier molecular flexibility index (Phi) is 3.92. The van der Waals surface area contributed by atoms with E-state index in [9.17, 15) is 19.3 Å². The molecule has 0 heterocycles. The van der Waals surface area contributed by atoms with Crippen LogP contribution in [-0.4, -0.2) is 16.0 Å². The second-order valence-electron chi connectivity index (χ2n) is 2.60. The van der Waals surface area contributed by atoms with Crippen molar-refractivity contribution >= 4 is 43.3 Å². The Labute approximate surface area is 101 Å². The second-order valence-corrected chi connectivity index (χ2v) is 4.01. The number of alkyl halides is 1. The van der Waals surface area contributed by atoms with Crippen LogP contribution >= 0.6 is 31.9 Å². The van der Waals surface area contributed by atoms with Crippen molar-refractivity contribution < 1.29 is 14.1 Å². The van der Waals surface area contributed by atoms with E-state index in [-0.39, 0.29) is 15.4 Å². The van der Waals surface area contributed by atoms with Crippen LogP contribution in [0.5, 0.6) is 0 Å². The number of nitrogens with zero attached hydrogens (tertiary/aromatic N) is 1. The third kappa shape index (κ3) is 2.60. The number of hydrogen-bond acceptors (Lipinski definition) is 3. The van der Waals surface area contributed by atoms with Gasteiger partial charge in [-0.1, -0.05) is 15.9 Å². The summed E-state index contributed by atoms with van der Waals surface area (Å²) in [5, 5.41) is 10.5. The molecule has 0 bridgehead atoms. The normalized spacial score (nSPS) is 10.1. The van der Waals surface area contributed by atoms with Crippen molar-refractivity contribution in [2.75, 3.05) is 5.33 Å². The molecule has 4 nitrogen and oxygen atoms in total. The van der Waals surface area contributed by atoms with E-state index in [0.29, 0.717) is 0 Å². The average molecular weight is 341 g/mol. The summed E-state index contributed by atoms with van der Waals surface area (Å²) in [5.74, 6) is -1.24. The molecule has 0 amide bonds. The molecule has 1 rings (SSSR count). The second kappa shape index (κ2) is 4.80. The highest BCUT2D eigenvalue weighted by atomic mass is 79.9. The summed E-state index contributed by atoms with van der Waals surface area (Å²) in [4.78, 5) is 21.1. The Morgan fingerprint density at radius 1 is 1.53 bits per heavy atom. The number of nitro groups is 1. The monoisotopic (exact) mass is 339 g/mol. The van der Waals surface area contributed by atoms with Gasteiger partial charge in [-0.3, -0.25) is 14.9 Å². The number of carbonyl (C=O) groups is 1. The lowest BCUT2D eigenvalue weighted by Crippen LogP contribution is -2.05. The predicted molar refractivity (Wildman–Crippen MR) is 58.9 cm³/mol. The number of halogens is 3. The third-order valence-corrected chi connectivity index (χ3v) is 2.77. The zero-order chi connectivity index (χ0) is 11.6. The Morgan fingerprint density at radius 3 is 2.60 bits per heavy atom. The number of ketones is 1. The van der Waals surface area contributed by atoms with E-state index in [1.54, 1.807) is 0 Å². The first-order valence-corrected chi connectivity index (χ1v) is 5.61. The fraction of sp³-hybridized carbons (Fsp3) is 0.125. The Hall–Kier alpha value is -0.820. The van der Waals surface area contributed by atoms with Gasteiger partial charge >= 0.3 is 0 Å². The van der Waals surface area contributed by atoms with Crippen molar-refractivity contribution in [1.29, 1.82) is 0 Å². The Morgan fingerprint density at radius 2 is 2.13 bits per heavy atom. The van der Waals surface area contributed by atoms with Crippen LogP contribution < -0.4 is 0 Å². The Bertz CT molecular complexity index is 436. The summed E-state index contributed by atoms with van der Waals surface area (Å²) in [7, 11) is 0. The van der Waals surface area contributed by atoms with Gasteiger partial charge in [-0.25, -0.2) is 4.39 Å². The molecule has 7 heteroatoms. The molecule has 1 aromatic carbocycles. The van der Waals surface area contributed by atoms with Crippen LogP contribution in [0.2, 0.25) is 0 Å². The van der Waals surface area contributed by atoms with Crippen LogP contribution in [0.15, 0.2) is 16.6 Å². The highest BCUT2D eigenvalue weighted by Crippen LogP contribution is 2.26. The van der Waals surface area contributed by atoms with Gasteiger partial charge < -0.3 is 0 Å². The van der Waals surface area contributed by atoms with Gasteiger partial charge in [0.05, 0.1) is 26.4 Å². The van der Waals surface area contributed by atoms with E-state index < -0.39 is 22.2 Å². The summed E-state index contributed by atoms with van der Waals surface area (Å²) in [6.45, 7) is 0. The van der Waals surface area contributed by atoms with Gasteiger partial charge in [0.1, 0.15) is 5.82 Å². The van der Waals surface area contributed by atoms with Crippen molar-refractivity contribution in [2.24, 2.45) is 0 Å². The molecule has 1 aromatic rings. The number of carbonyl (C=O) groups excluding carboxylic acids is 1. The molecule has 15 heavy (non-hydrogen) atoms. The largest absolute Gasteiger partial charge is 0.293 e. The van der Waals surface area contributed by atoms with Crippen LogP contribution in [0.3, 0.4) is 0 Å². The summed E-state index contributed by atoms with van der Waals surface area (Å²) in [6, 6.07) is 1.83. The first kappa shape index (κ1) is 12.3. The summed E-state index contributed by atoms with van der Waals surface area (Å²) in [6.07, 6.45) is 0. The zero-order valence-corrected chi connectivity index (χ0v) is 10.3. The van der Waals surface area contributed by atoms with Crippen molar-refractivity contribution in [1.82, 2.24) is 0 Å². The fourth-order valence-electron chi connectivity index (χ4n) is 0.983. The maximum atomic E-state index is 13.0. The first-order valence-electron chi connectivity index (χ1n) is 3.70. The molecule has 80 valence electrons. The van der Waals surface area contributed by atoms with Crippen molar-refractivity contribution in [2.45, 2.75) is 0 Å². The molecule has 0 unspecified atom stereocenters. The van der Waals surface area contributed by atoms with Crippen LogP contribution in [0.25, 0.3) is 0 Å². The maximum Gasteiger partial charge on any atom is 0.283 e. The van der Waals surface area contributed by atoms with E-state index in [1.165, 1.54) is 0 Å². The van der Waals surface area contributed by atoms with Crippen molar-refractivity contribution in [3.63, 3.8) is 0 Å². The molecule has 0 aliphatic heterocycles. The van der Waals surface area contributed by atoms with E-state index in [0.717, 1.165) is 12.1 Å². The molecule has 0 radical (unpaired) electrons. The van der Waals surface area contributed by atoms with Crippen LogP contribution in [-0.2, 0) is 0 Å². The number of nitro benzene ring substituents is 1. The lowest BCUT2D eigenvalue weighted by molar-refractivity contribution is -0.385. The van der Waals surface area contributed by atoms with Gasteiger partial charge in [0.2, 0.25) is 0 Å². The minimum absolute atomic E-state index is 0.0254. The standard InChI is InChI=1S/C8H4Br2FNO3/c9-3-8(13)4-1-5(10)6(11)2-7(4)12(14)15/h1-2H,3H2. The molecule has 0 saturated carbocycles. The van der Waals surface area contributed by atoms with E-state index in [4.69, 9.17) is 0 Å². The molecule has 0 aliphatic carbocycles. The first-order chi connectivity index (χ1) is 6.97. The number of benzene rings is 1. The predicted octanol–water partition coefficient (Wildman–Crippen LogP) is 3.07. The number of hydrogen-bond donors (Lipinski definition) is 0. The molecule has 0 aliphatic rings. The molecule has 0 atom stereocenters. The molecular weight excluding hydrogens is 337 g/mol. The molecule has 0 N–H and O–H groups in total. The van der Waals surface area contributed by atoms with Gasteiger partial charge in [-0.2, -0.15) is 0 Å². The minimum Gasteiger partial charge on any atom is -0.293 e. The molecule has 0 spiro atoms.